The lowest BCUT2D eigenvalue weighted by molar-refractivity contribution is -0.133. The number of hydrogen-bond acceptors (Lipinski definition) is 4. The lowest BCUT2D eigenvalue weighted by Crippen LogP contribution is -2.62. The van der Waals surface area contributed by atoms with Gasteiger partial charge in [0.15, 0.2) is 0 Å². The Morgan fingerprint density at radius 1 is 1.21 bits per heavy atom. The number of aliphatic carboxylic acids is 1. The van der Waals surface area contributed by atoms with E-state index < -0.39 is 5.97 Å². The van der Waals surface area contributed by atoms with E-state index in [-0.39, 0.29) is 34.5 Å². The van der Waals surface area contributed by atoms with Crippen molar-refractivity contribution >= 4 is 23.6 Å². The van der Waals surface area contributed by atoms with Crippen LogP contribution in [0.5, 0.6) is 0 Å². The molecule has 0 aromatic rings. The lowest BCUT2D eigenvalue weighted by Gasteiger charge is -2.46. The van der Waals surface area contributed by atoms with Crippen LogP contribution in [0.4, 0.5) is 0 Å². The van der Waals surface area contributed by atoms with E-state index >= 15 is 0 Å². The lowest BCUT2D eigenvalue weighted by atomic mass is 9.79. The molecule has 0 aromatic carbocycles. The maximum absolute atomic E-state index is 11.8. The number of amides is 1. The third-order valence-corrected chi connectivity index (χ3v) is 3.93. The van der Waals surface area contributed by atoms with E-state index in [1.807, 2.05) is 0 Å². The first kappa shape index (κ1) is 16.3. The van der Waals surface area contributed by atoms with Gasteiger partial charge in [0, 0.05) is 17.1 Å². The predicted molar refractivity (Wildman–Crippen MR) is 77.4 cm³/mol. The SMILES string of the molecule is CC1(C)CC(NC(=O)CSCC(=O)O)CC(C)(C)N1. The highest BCUT2D eigenvalue weighted by atomic mass is 32.2. The molecule has 1 amide bonds. The molecular weight excluding hydrogens is 264 g/mol. The summed E-state index contributed by atoms with van der Waals surface area (Å²) >= 11 is 1.13. The number of carboxylic acids is 1. The second kappa shape index (κ2) is 6.13. The van der Waals surface area contributed by atoms with Gasteiger partial charge in [0.1, 0.15) is 0 Å². The van der Waals surface area contributed by atoms with Crippen molar-refractivity contribution in [1.29, 1.82) is 0 Å². The van der Waals surface area contributed by atoms with Crippen LogP contribution in [-0.2, 0) is 9.59 Å². The van der Waals surface area contributed by atoms with Crippen molar-refractivity contribution in [1.82, 2.24) is 10.6 Å². The molecule has 0 radical (unpaired) electrons. The van der Waals surface area contributed by atoms with E-state index in [9.17, 15) is 9.59 Å². The Bertz CT molecular complexity index is 340. The van der Waals surface area contributed by atoms with E-state index in [0.717, 1.165) is 24.6 Å². The Morgan fingerprint density at radius 2 is 1.74 bits per heavy atom. The fraction of sp³-hybridized carbons (Fsp3) is 0.846. The van der Waals surface area contributed by atoms with Crippen molar-refractivity contribution in [3.05, 3.63) is 0 Å². The monoisotopic (exact) mass is 288 g/mol. The van der Waals surface area contributed by atoms with Crippen LogP contribution in [0, 0.1) is 0 Å². The molecule has 0 bridgehead atoms. The third-order valence-electron chi connectivity index (χ3n) is 3.01. The van der Waals surface area contributed by atoms with Gasteiger partial charge in [-0.05, 0) is 40.5 Å². The van der Waals surface area contributed by atoms with Gasteiger partial charge in [-0.1, -0.05) is 0 Å². The fourth-order valence-corrected chi connectivity index (χ4v) is 3.47. The number of carboxylic acid groups (broad SMARTS) is 1. The van der Waals surface area contributed by atoms with Gasteiger partial charge in [-0.25, -0.2) is 0 Å². The maximum Gasteiger partial charge on any atom is 0.313 e. The van der Waals surface area contributed by atoms with Crippen molar-refractivity contribution in [3.8, 4) is 0 Å². The Balaban J connectivity index is 2.43. The number of carbonyl (C=O) groups is 2. The fourth-order valence-electron chi connectivity index (χ4n) is 2.92. The number of thioether (sulfide) groups is 1. The quantitative estimate of drug-likeness (QED) is 0.709. The van der Waals surface area contributed by atoms with E-state index in [4.69, 9.17) is 5.11 Å². The Labute approximate surface area is 118 Å². The number of carbonyl (C=O) groups excluding carboxylic acids is 1. The molecule has 0 saturated carbocycles. The average Bonchev–Trinajstić information content (AvgIpc) is 2.10. The van der Waals surface area contributed by atoms with Crippen LogP contribution >= 0.6 is 11.8 Å². The van der Waals surface area contributed by atoms with Gasteiger partial charge in [0.2, 0.25) is 5.91 Å². The largest absolute Gasteiger partial charge is 0.481 e. The number of piperidine rings is 1. The summed E-state index contributed by atoms with van der Waals surface area (Å²) in [7, 11) is 0. The Morgan fingerprint density at radius 3 is 2.21 bits per heavy atom. The summed E-state index contributed by atoms with van der Waals surface area (Å²) in [6, 6.07) is 0.143. The zero-order chi connectivity index (χ0) is 14.7. The molecule has 5 nitrogen and oxygen atoms in total. The van der Waals surface area contributed by atoms with Crippen molar-refractivity contribution in [2.45, 2.75) is 57.7 Å². The number of hydrogen-bond donors (Lipinski definition) is 3. The van der Waals surface area contributed by atoms with Crippen LogP contribution in [0.15, 0.2) is 0 Å². The highest BCUT2D eigenvalue weighted by Crippen LogP contribution is 2.28. The molecule has 0 spiro atoms. The molecule has 0 atom stereocenters. The highest BCUT2D eigenvalue weighted by molar-refractivity contribution is 8.00. The molecule has 1 aliphatic rings. The summed E-state index contributed by atoms with van der Waals surface area (Å²) in [5, 5.41) is 15.1. The molecule has 1 heterocycles. The minimum Gasteiger partial charge on any atom is -0.481 e. The van der Waals surface area contributed by atoms with Gasteiger partial charge in [-0.15, -0.1) is 11.8 Å². The first-order valence-corrected chi connectivity index (χ1v) is 7.63. The van der Waals surface area contributed by atoms with E-state index in [1.54, 1.807) is 0 Å². The normalized spacial score (nSPS) is 21.9. The second-order valence-electron chi connectivity index (χ2n) is 6.45. The molecule has 19 heavy (non-hydrogen) atoms. The van der Waals surface area contributed by atoms with Crippen molar-refractivity contribution < 1.29 is 14.7 Å². The summed E-state index contributed by atoms with van der Waals surface area (Å²) in [6.45, 7) is 8.52. The molecule has 1 saturated heterocycles. The molecule has 3 N–H and O–H groups in total. The van der Waals surface area contributed by atoms with Gasteiger partial charge in [0.25, 0.3) is 0 Å². The first-order valence-electron chi connectivity index (χ1n) is 6.48. The van der Waals surface area contributed by atoms with Crippen LogP contribution in [0.1, 0.15) is 40.5 Å². The zero-order valence-electron chi connectivity index (χ0n) is 12.1. The topological polar surface area (TPSA) is 78.4 Å². The molecule has 1 aliphatic heterocycles. The first-order chi connectivity index (χ1) is 8.60. The van der Waals surface area contributed by atoms with Gasteiger partial charge < -0.3 is 15.7 Å². The molecular formula is C13H24N2O3S. The molecule has 1 fully saturated rings. The highest BCUT2D eigenvalue weighted by Gasteiger charge is 2.38. The summed E-state index contributed by atoms with van der Waals surface area (Å²) in [6.07, 6.45) is 1.76. The van der Waals surface area contributed by atoms with Crippen LogP contribution in [0.25, 0.3) is 0 Å². The van der Waals surface area contributed by atoms with E-state index in [1.165, 1.54) is 0 Å². The number of nitrogens with one attached hydrogen (secondary N) is 2. The molecule has 6 heteroatoms. The predicted octanol–water partition coefficient (Wildman–Crippen LogP) is 1.23. The van der Waals surface area contributed by atoms with Gasteiger partial charge in [-0.2, -0.15) is 0 Å². The van der Waals surface area contributed by atoms with Gasteiger partial charge in [0.05, 0.1) is 11.5 Å². The second-order valence-corrected chi connectivity index (χ2v) is 7.44. The molecule has 0 aromatic heterocycles. The molecule has 0 unspecified atom stereocenters. The van der Waals surface area contributed by atoms with Gasteiger partial charge in [-0.3, -0.25) is 9.59 Å². The van der Waals surface area contributed by atoms with Crippen molar-refractivity contribution in [3.63, 3.8) is 0 Å². The Hall–Kier alpha value is -0.750. The smallest absolute Gasteiger partial charge is 0.313 e. The van der Waals surface area contributed by atoms with E-state index in [2.05, 4.69) is 38.3 Å². The van der Waals surface area contributed by atoms with Crippen LogP contribution in [0.2, 0.25) is 0 Å². The standard InChI is InChI=1S/C13H24N2O3S/c1-12(2)5-9(6-13(3,4)15-12)14-10(16)7-19-8-11(17)18/h9,15H,5-8H2,1-4H3,(H,14,16)(H,17,18). The summed E-state index contributed by atoms with van der Waals surface area (Å²) < 4.78 is 0. The molecule has 0 aliphatic carbocycles. The number of rotatable bonds is 5. The molecule has 110 valence electrons. The van der Waals surface area contributed by atoms with Crippen LogP contribution in [0.3, 0.4) is 0 Å². The summed E-state index contributed by atoms with van der Waals surface area (Å²) in [5.74, 6) is -0.792. The van der Waals surface area contributed by atoms with Crippen LogP contribution in [-0.4, -0.2) is 45.6 Å². The zero-order valence-corrected chi connectivity index (χ0v) is 12.9. The van der Waals surface area contributed by atoms with Crippen molar-refractivity contribution in [2.75, 3.05) is 11.5 Å². The Kier molecular flexibility index (Phi) is 5.26. The van der Waals surface area contributed by atoms with E-state index in [0.29, 0.717) is 0 Å². The average molecular weight is 288 g/mol. The molecule has 1 rings (SSSR count). The summed E-state index contributed by atoms with van der Waals surface area (Å²) in [5.41, 5.74) is -0.0121. The minimum absolute atomic E-state index is 0.00605. The summed E-state index contributed by atoms with van der Waals surface area (Å²) in [4.78, 5) is 22.1. The minimum atomic E-state index is -0.887. The van der Waals surface area contributed by atoms with Gasteiger partial charge >= 0.3 is 5.97 Å². The maximum atomic E-state index is 11.8. The third kappa shape index (κ3) is 6.29. The van der Waals surface area contributed by atoms with Crippen molar-refractivity contribution in [2.24, 2.45) is 0 Å². The van der Waals surface area contributed by atoms with Crippen LogP contribution < -0.4 is 10.6 Å².